The maximum atomic E-state index is 9.97. The van der Waals surface area contributed by atoms with E-state index in [1.165, 1.54) is 44.1 Å². The van der Waals surface area contributed by atoms with Gasteiger partial charge in [-0.3, -0.25) is 0 Å². The van der Waals surface area contributed by atoms with Crippen molar-refractivity contribution in [2.45, 2.75) is 64.1 Å². The lowest BCUT2D eigenvalue weighted by atomic mass is 9.71. The van der Waals surface area contributed by atoms with E-state index in [0.29, 0.717) is 0 Å². The lowest BCUT2D eigenvalue weighted by molar-refractivity contribution is -0.0260. The molecular formula is C16H26O2. The molecule has 3 rings (SSSR count). The van der Waals surface area contributed by atoms with Crippen LogP contribution < -0.4 is 0 Å². The van der Waals surface area contributed by atoms with Crippen LogP contribution >= 0.6 is 0 Å². The fraction of sp³-hybridized carbons (Fsp3) is 0.750. The van der Waals surface area contributed by atoms with Crippen molar-refractivity contribution in [3.05, 3.63) is 23.8 Å². The molecule has 0 amide bonds. The second kappa shape index (κ2) is 6.53. The van der Waals surface area contributed by atoms with Crippen molar-refractivity contribution < 1.29 is 10.2 Å². The predicted molar refractivity (Wildman–Crippen MR) is 74.2 cm³/mol. The molecule has 4 atom stereocenters. The zero-order valence-electron chi connectivity index (χ0n) is 11.4. The van der Waals surface area contributed by atoms with E-state index in [1.54, 1.807) is 0 Å². The van der Waals surface area contributed by atoms with E-state index in [1.807, 2.05) is 6.08 Å². The molecule has 0 heterocycles. The van der Waals surface area contributed by atoms with E-state index < -0.39 is 12.2 Å². The lowest BCUT2D eigenvalue weighted by Gasteiger charge is -2.39. The fourth-order valence-corrected chi connectivity index (χ4v) is 3.13. The molecule has 0 saturated heterocycles. The Morgan fingerprint density at radius 3 is 2.39 bits per heavy atom. The van der Waals surface area contributed by atoms with Crippen molar-refractivity contribution >= 4 is 0 Å². The van der Waals surface area contributed by atoms with Crippen LogP contribution in [0.4, 0.5) is 0 Å². The summed E-state index contributed by atoms with van der Waals surface area (Å²) in [6, 6.07) is 0. The lowest BCUT2D eigenvalue weighted by Crippen LogP contribution is -2.44. The number of hydrogen-bond donors (Lipinski definition) is 2. The number of aliphatic hydroxyl groups is 2. The average Bonchev–Trinajstić information content (AvgIpc) is 2.39. The van der Waals surface area contributed by atoms with Crippen LogP contribution in [0.5, 0.6) is 0 Å². The third-order valence-electron chi connectivity index (χ3n) is 4.31. The van der Waals surface area contributed by atoms with E-state index >= 15 is 0 Å². The molecule has 0 aliphatic heterocycles. The minimum Gasteiger partial charge on any atom is -0.389 e. The Hall–Kier alpha value is -0.600. The molecule has 18 heavy (non-hydrogen) atoms. The molecule has 3 aliphatic carbocycles. The third-order valence-corrected chi connectivity index (χ3v) is 4.31. The van der Waals surface area contributed by atoms with Gasteiger partial charge in [0.2, 0.25) is 0 Å². The molecular weight excluding hydrogens is 224 g/mol. The highest BCUT2D eigenvalue weighted by Gasteiger charge is 2.38. The Kier molecular flexibility index (Phi) is 5.02. The van der Waals surface area contributed by atoms with E-state index in [4.69, 9.17) is 0 Å². The van der Waals surface area contributed by atoms with Crippen molar-refractivity contribution in [3.8, 4) is 0 Å². The maximum Gasteiger partial charge on any atom is 0.0907 e. The normalized spacial score (nSPS) is 33.8. The summed E-state index contributed by atoms with van der Waals surface area (Å²) < 4.78 is 0. The summed E-state index contributed by atoms with van der Waals surface area (Å²) in [6.45, 7) is 2.24. The quantitative estimate of drug-likeness (QED) is 0.538. The van der Waals surface area contributed by atoms with Gasteiger partial charge < -0.3 is 10.2 Å². The van der Waals surface area contributed by atoms with E-state index in [0.717, 1.165) is 6.42 Å². The molecule has 3 aliphatic rings. The largest absolute Gasteiger partial charge is 0.389 e. The van der Waals surface area contributed by atoms with Crippen molar-refractivity contribution in [1.82, 2.24) is 0 Å². The summed E-state index contributed by atoms with van der Waals surface area (Å²) in [7, 11) is 0. The predicted octanol–water partition coefficient (Wildman–Crippen LogP) is 3.20. The SMILES string of the molecule is CCCCCCCCC1=CC2C=CC1C(O)C2O. The topological polar surface area (TPSA) is 40.5 Å². The molecule has 2 nitrogen and oxygen atoms in total. The van der Waals surface area contributed by atoms with Gasteiger partial charge in [-0.25, -0.2) is 0 Å². The van der Waals surface area contributed by atoms with Gasteiger partial charge in [0.05, 0.1) is 12.2 Å². The molecule has 2 heteroatoms. The van der Waals surface area contributed by atoms with Crippen LogP contribution in [0.15, 0.2) is 23.8 Å². The monoisotopic (exact) mass is 250 g/mol. The zero-order valence-corrected chi connectivity index (χ0v) is 11.4. The first-order valence-corrected chi connectivity index (χ1v) is 7.49. The number of rotatable bonds is 7. The van der Waals surface area contributed by atoms with E-state index in [-0.39, 0.29) is 11.8 Å². The van der Waals surface area contributed by atoms with Crippen molar-refractivity contribution in [2.24, 2.45) is 11.8 Å². The Morgan fingerprint density at radius 2 is 1.67 bits per heavy atom. The van der Waals surface area contributed by atoms with Gasteiger partial charge >= 0.3 is 0 Å². The molecule has 0 aromatic rings. The fourth-order valence-electron chi connectivity index (χ4n) is 3.13. The highest BCUT2D eigenvalue weighted by molar-refractivity contribution is 5.30. The van der Waals surface area contributed by atoms with Gasteiger partial charge in [0, 0.05) is 11.8 Å². The molecule has 0 spiro atoms. The van der Waals surface area contributed by atoms with Crippen molar-refractivity contribution in [2.75, 3.05) is 0 Å². The second-order valence-electron chi connectivity index (χ2n) is 5.73. The van der Waals surface area contributed by atoms with Gasteiger partial charge in [-0.15, -0.1) is 0 Å². The summed E-state index contributed by atoms with van der Waals surface area (Å²) in [5.74, 6) is 0.112. The van der Waals surface area contributed by atoms with Crippen LogP contribution in [0.25, 0.3) is 0 Å². The van der Waals surface area contributed by atoms with Gasteiger partial charge in [0.25, 0.3) is 0 Å². The van der Waals surface area contributed by atoms with Crippen LogP contribution in [0, 0.1) is 11.8 Å². The summed E-state index contributed by atoms with van der Waals surface area (Å²) >= 11 is 0. The third kappa shape index (κ3) is 3.04. The molecule has 0 saturated carbocycles. The molecule has 0 aromatic heterocycles. The molecule has 2 bridgehead atoms. The van der Waals surface area contributed by atoms with Gasteiger partial charge in [-0.1, -0.05) is 62.8 Å². The standard InChI is InChI=1S/C16H26O2/c1-2-3-4-5-6-7-8-12-11-13-9-10-14(12)16(18)15(13)17/h9-11,13-18H,2-8H2,1H3. The molecule has 0 fully saturated rings. The first-order chi connectivity index (χ1) is 8.74. The average molecular weight is 250 g/mol. The van der Waals surface area contributed by atoms with Crippen LogP contribution in [0.3, 0.4) is 0 Å². The van der Waals surface area contributed by atoms with Gasteiger partial charge in [0.1, 0.15) is 0 Å². The van der Waals surface area contributed by atoms with E-state index in [2.05, 4.69) is 19.1 Å². The molecule has 4 unspecified atom stereocenters. The summed E-state index contributed by atoms with van der Waals surface area (Å²) in [5, 5.41) is 19.8. The van der Waals surface area contributed by atoms with Gasteiger partial charge in [-0.2, -0.15) is 0 Å². The molecule has 0 radical (unpaired) electrons. The zero-order chi connectivity index (χ0) is 13.0. The van der Waals surface area contributed by atoms with Crippen LogP contribution in [0.1, 0.15) is 51.9 Å². The number of aliphatic hydroxyl groups excluding tert-OH is 2. The first-order valence-electron chi connectivity index (χ1n) is 7.49. The highest BCUT2D eigenvalue weighted by atomic mass is 16.3. The minimum absolute atomic E-state index is 0.0418. The van der Waals surface area contributed by atoms with E-state index in [9.17, 15) is 10.2 Å². The minimum atomic E-state index is -0.590. The summed E-state index contributed by atoms with van der Waals surface area (Å²) in [5.41, 5.74) is 1.34. The first kappa shape index (κ1) is 13.8. The number of unbranched alkanes of at least 4 members (excludes halogenated alkanes) is 5. The molecule has 102 valence electrons. The second-order valence-corrected chi connectivity index (χ2v) is 5.73. The van der Waals surface area contributed by atoms with Gasteiger partial charge in [-0.05, 0) is 12.8 Å². The molecule has 0 aromatic carbocycles. The summed E-state index contributed by atoms with van der Waals surface area (Å²) in [4.78, 5) is 0. The Bertz CT molecular complexity index is 319. The van der Waals surface area contributed by atoms with Crippen LogP contribution in [-0.4, -0.2) is 22.4 Å². The highest BCUT2D eigenvalue weighted by Crippen LogP contribution is 2.38. The Labute approximate surface area is 110 Å². The van der Waals surface area contributed by atoms with Crippen LogP contribution in [-0.2, 0) is 0 Å². The van der Waals surface area contributed by atoms with Gasteiger partial charge in [0.15, 0.2) is 0 Å². The number of fused-ring (bicyclic) bond motifs is 1. The van der Waals surface area contributed by atoms with Crippen molar-refractivity contribution in [1.29, 1.82) is 0 Å². The smallest absolute Gasteiger partial charge is 0.0907 e. The molecule has 2 N–H and O–H groups in total. The van der Waals surface area contributed by atoms with Crippen molar-refractivity contribution in [3.63, 3.8) is 0 Å². The summed E-state index contributed by atoms with van der Waals surface area (Å²) in [6.07, 6.45) is 14.0. The Morgan fingerprint density at radius 1 is 0.944 bits per heavy atom. The number of hydrogen-bond acceptors (Lipinski definition) is 2. The maximum absolute atomic E-state index is 9.97. The van der Waals surface area contributed by atoms with Crippen LogP contribution in [0.2, 0.25) is 0 Å². The Balaban J connectivity index is 1.73.